The quantitative estimate of drug-likeness (QED) is 0.499. The average molecular weight is 357 g/mol. The minimum atomic E-state index is -0.516. The number of hydrogen-bond donors (Lipinski definition) is 3. The van der Waals surface area contributed by atoms with Crippen molar-refractivity contribution < 1.29 is 19.4 Å². The van der Waals surface area contributed by atoms with Crippen LogP contribution in [0.15, 0.2) is 47.6 Å². The van der Waals surface area contributed by atoms with Crippen LogP contribution in [-0.4, -0.2) is 37.0 Å². The average Bonchev–Trinajstić information content (AvgIpc) is 2.64. The molecule has 0 bridgehead atoms. The third-order valence-electron chi connectivity index (χ3n) is 3.54. The molecule has 0 aromatic heterocycles. The molecule has 0 aliphatic rings. The van der Waals surface area contributed by atoms with E-state index in [2.05, 4.69) is 15.8 Å². The van der Waals surface area contributed by atoms with Gasteiger partial charge in [0.25, 0.3) is 5.91 Å². The molecule has 26 heavy (non-hydrogen) atoms. The molecule has 0 fully saturated rings. The summed E-state index contributed by atoms with van der Waals surface area (Å²) in [4.78, 5) is 12.1. The summed E-state index contributed by atoms with van der Waals surface area (Å²) in [5.74, 6) is 0.777. The maximum Gasteiger partial charge on any atom is 0.262 e. The monoisotopic (exact) mass is 357 g/mol. The number of anilines is 1. The van der Waals surface area contributed by atoms with Crippen LogP contribution in [0.25, 0.3) is 0 Å². The van der Waals surface area contributed by atoms with Crippen LogP contribution in [0.5, 0.6) is 17.2 Å². The van der Waals surface area contributed by atoms with Crippen LogP contribution >= 0.6 is 0 Å². The van der Waals surface area contributed by atoms with Gasteiger partial charge in [-0.3, -0.25) is 4.79 Å². The molecule has 0 heterocycles. The van der Waals surface area contributed by atoms with Gasteiger partial charge in [-0.05, 0) is 49.7 Å². The minimum absolute atomic E-state index is 0.0216. The minimum Gasteiger partial charge on any atom is -0.504 e. The Balaban J connectivity index is 1.93. The second-order valence-corrected chi connectivity index (χ2v) is 5.46. The summed E-state index contributed by atoms with van der Waals surface area (Å²) in [6.07, 6.45) is 1.45. The van der Waals surface area contributed by atoms with Crippen LogP contribution in [0.3, 0.4) is 0 Å². The maximum atomic E-state index is 12.1. The molecule has 0 saturated heterocycles. The first-order valence-corrected chi connectivity index (χ1v) is 8.23. The summed E-state index contributed by atoms with van der Waals surface area (Å²) >= 11 is 0. The number of para-hydroxylation sites is 2. The van der Waals surface area contributed by atoms with E-state index in [1.807, 2.05) is 31.2 Å². The zero-order chi connectivity index (χ0) is 18.9. The Morgan fingerprint density at radius 1 is 1.27 bits per heavy atom. The lowest BCUT2D eigenvalue weighted by molar-refractivity contribution is -0.121. The Morgan fingerprint density at radius 2 is 2.04 bits per heavy atom. The van der Waals surface area contributed by atoms with Crippen LogP contribution in [-0.2, 0) is 4.79 Å². The Bertz CT molecular complexity index is 777. The molecular weight excluding hydrogens is 334 g/mol. The van der Waals surface area contributed by atoms with Crippen LogP contribution in [0, 0.1) is 0 Å². The highest BCUT2D eigenvalue weighted by atomic mass is 16.5. The second kappa shape index (κ2) is 9.31. The van der Waals surface area contributed by atoms with Crippen LogP contribution in [0.1, 0.15) is 19.4 Å². The first-order chi connectivity index (χ1) is 12.5. The van der Waals surface area contributed by atoms with E-state index in [1.165, 1.54) is 12.3 Å². The van der Waals surface area contributed by atoms with Gasteiger partial charge in [-0.15, -0.1) is 0 Å². The van der Waals surface area contributed by atoms with Gasteiger partial charge in [0, 0.05) is 0 Å². The van der Waals surface area contributed by atoms with Crippen molar-refractivity contribution in [3.63, 3.8) is 0 Å². The molecule has 1 unspecified atom stereocenters. The van der Waals surface area contributed by atoms with Crippen molar-refractivity contribution in [2.24, 2.45) is 5.10 Å². The zero-order valence-electron chi connectivity index (χ0n) is 15.0. The van der Waals surface area contributed by atoms with E-state index in [1.54, 1.807) is 26.2 Å². The molecule has 1 amide bonds. The number of amides is 1. The number of phenols is 1. The standard InChI is InChI=1S/C19H23N3O4/c1-4-26-18-10-9-14(11-16(18)23)12-20-22-19(24)13(2)21-15-7-5-6-8-17(15)25-3/h5-13,21,23H,4H2,1-3H3,(H,22,24). The molecule has 0 radical (unpaired) electrons. The number of nitrogens with zero attached hydrogens (tertiary/aromatic N) is 1. The van der Waals surface area contributed by atoms with Gasteiger partial charge in [0.05, 0.1) is 25.6 Å². The number of benzene rings is 2. The molecule has 0 spiro atoms. The van der Waals surface area contributed by atoms with Gasteiger partial charge in [-0.1, -0.05) is 12.1 Å². The van der Waals surface area contributed by atoms with Crippen LogP contribution < -0.4 is 20.2 Å². The number of phenolic OH excluding ortho intramolecular Hbond substituents is 1. The van der Waals surface area contributed by atoms with Crippen LogP contribution in [0.2, 0.25) is 0 Å². The maximum absolute atomic E-state index is 12.1. The second-order valence-electron chi connectivity index (χ2n) is 5.46. The van der Waals surface area contributed by atoms with E-state index >= 15 is 0 Å². The molecule has 1 atom stereocenters. The van der Waals surface area contributed by atoms with Gasteiger partial charge in [0.15, 0.2) is 11.5 Å². The molecule has 2 aromatic carbocycles. The Kier molecular flexibility index (Phi) is 6.84. The molecule has 7 nitrogen and oxygen atoms in total. The number of methoxy groups -OCH3 is 1. The SMILES string of the molecule is CCOc1ccc(C=NNC(=O)C(C)Nc2ccccc2OC)cc1O. The van der Waals surface area contributed by atoms with E-state index < -0.39 is 6.04 Å². The summed E-state index contributed by atoms with van der Waals surface area (Å²) in [6, 6.07) is 11.7. The third-order valence-corrected chi connectivity index (χ3v) is 3.54. The van der Waals surface area contributed by atoms with Crippen molar-refractivity contribution in [2.45, 2.75) is 19.9 Å². The van der Waals surface area contributed by atoms with E-state index in [-0.39, 0.29) is 11.7 Å². The molecule has 0 aliphatic carbocycles. The van der Waals surface area contributed by atoms with Crippen molar-refractivity contribution in [3.05, 3.63) is 48.0 Å². The van der Waals surface area contributed by atoms with Gasteiger partial charge >= 0.3 is 0 Å². The summed E-state index contributed by atoms with van der Waals surface area (Å²) < 4.78 is 10.5. The number of carbonyl (C=O) groups excluding carboxylic acids is 1. The first-order valence-electron chi connectivity index (χ1n) is 8.23. The fourth-order valence-electron chi connectivity index (χ4n) is 2.22. The van der Waals surface area contributed by atoms with E-state index in [4.69, 9.17) is 9.47 Å². The van der Waals surface area contributed by atoms with Crippen molar-refractivity contribution in [3.8, 4) is 17.2 Å². The number of hydrogen-bond acceptors (Lipinski definition) is 6. The summed E-state index contributed by atoms with van der Waals surface area (Å²) in [7, 11) is 1.57. The Hall–Kier alpha value is -3.22. The molecule has 0 saturated carbocycles. The van der Waals surface area contributed by atoms with Crippen molar-refractivity contribution >= 4 is 17.8 Å². The normalized spacial score (nSPS) is 11.8. The Morgan fingerprint density at radius 3 is 2.73 bits per heavy atom. The lowest BCUT2D eigenvalue weighted by atomic mass is 10.2. The van der Waals surface area contributed by atoms with Gasteiger partial charge in [-0.25, -0.2) is 5.43 Å². The number of nitrogens with one attached hydrogen (secondary N) is 2. The van der Waals surface area contributed by atoms with Crippen molar-refractivity contribution in [1.82, 2.24) is 5.43 Å². The van der Waals surface area contributed by atoms with Gasteiger partial charge in [0.1, 0.15) is 11.8 Å². The molecule has 7 heteroatoms. The molecule has 0 aliphatic heterocycles. The summed E-state index contributed by atoms with van der Waals surface area (Å²) in [5.41, 5.74) is 3.82. The molecule has 2 aromatic rings. The van der Waals surface area contributed by atoms with E-state index in [0.29, 0.717) is 23.7 Å². The van der Waals surface area contributed by atoms with Crippen molar-refractivity contribution in [1.29, 1.82) is 0 Å². The number of carbonyl (C=O) groups is 1. The zero-order valence-corrected chi connectivity index (χ0v) is 15.0. The van der Waals surface area contributed by atoms with E-state index in [0.717, 1.165) is 5.69 Å². The predicted molar refractivity (Wildman–Crippen MR) is 101 cm³/mol. The van der Waals surface area contributed by atoms with Crippen molar-refractivity contribution in [2.75, 3.05) is 19.0 Å². The molecular formula is C19H23N3O4. The first kappa shape index (κ1) is 19.1. The summed E-state index contributed by atoms with van der Waals surface area (Å²) in [5, 5.41) is 16.8. The topological polar surface area (TPSA) is 92.2 Å². The van der Waals surface area contributed by atoms with E-state index in [9.17, 15) is 9.90 Å². The number of ether oxygens (including phenoxy) is 2. The largest absolute Gasteiger partial charge is 0.504 e. The predicted octanol–water partition coefficient (Wildman–Crippen LogP) is 2.75. The summed E-state index contributed by atoms with van der Waals surface area (Å²) in [6.45, 7) is 4.03. The Labute approximate surface area is 152 Å². The number of hydrazone groups is 1. The van der Waals surface area contributed by atoms with Gasteiger partial charge < -0.3 is 19.9 Å². The fourth-order valence-corrected chi connectivity index (χ4v) is 2.22. The number of rotatable bonds is 8. The fraction of sp³-hybridized carbons (Fsp3) is 0.263. The van der Waals surface area contributed by atoms with Gasteiger partial charge in [0.2, 0.25) is 0 Å². The smallest absolute Gasteiger partial charge is 0.262 e. The molecule has 2 rings (SSSR count). The lowest BCUT2D eigenvalue weighted by Crippen LogP contribution is -2.35. The highest BCUT2D eigenvalue weighted by molar-refractivity contribution is 5.87. The third kappa shape index (κ3) is 5.14. The lowest BCUT2D eigenvalue weighted by Gasteiger charge is -2.15. The highest BCUT2D eigenvalue weighted by Crippen LogP contribution is 2.26. The highest BCUT2D eigenvalue weighted by Gasteiger charge is 2.13. The number of aromatic hydroxyl groups is 1. The molecule has 3 N–H and O–H groups in total. The van der Waals surface area contributed by atoms with Crippen LogP contribution in [0.4, 0.5) is 5.69 Å². The molecule has 138 valence electrons. The van der Waals surface area contributed by atoms with Gasteiger partial charge in [-0.2, -0.15) is 5.10 Å².